The molecular formula is C9H16O2. The average Bonchev–Trinajstić information content (AvgIpc) is 2.03. The Balaban J connectivity index is 3.62. The molecule has 0 saturated heterocycles. The molecule has 0 rings (SSSR count). The topological polar surface area (TPSA) is 29.5 Å². The Hall–Kier alpha value is -0.520. The van der Waals surface area contributed by atoms with Crippen LogP contribution >= 0.6 is 0 Å². The summed E-state index contributed by atoms with van der Waals surface area (Å²) in [6, 6.07) is 0. The maximum Gasteiger partial charge on any atom is 0.0701 e. The van der Waals surface area contributed by atoms with Crippen LogP contribution in [0.15, 0.2) is 0 Å². The highest BCUT2D eigenvalue weighted by atomic mass is 16.5. The van der Waals surface area contributed by atoms with Crippen molar-refractivity contribution in [1.29, 1.82) is 0 Å². The monoisotopic (exact) mass is 156 g/mol. The minimum absolute atomic E-state index is 0.0529. The standard InChI is InChI=1S/C9H16O2/c1-4-9(5-2)8(3)11-7-6-10/h1,8-10H,5-7H2,2-3H3. The van der Waals surface area contributed by atoms with Crippen LogP contribution in [0, 0.1) is 18.3 Å². The number of rotatable bonds is 5. The van der Waals surface area contributed by atoms with Crippen LogP contribution in [0.2, 0.25) is 0 Å². The van der Waals surface area contributed by atoms with E-state index in [2.05, 4.69) is 5.92 Å². The number of hydrogen-bond donors (Lipinski definition) is 1. The molecule has 2 atom stereocenters. The van der Waals surface area contributed by atoms with E-state index in [1.165, 1.54) is 0 Å². The van der Waals surface area contributed by atoms with Crippen LogP contribution in [0.3, 0.4) is 0 Å². The number of aliphatic hydroxyl groups excluding tert-OH is 1. The van der Waals surface area contributed by atoms with Gasteiger partial charge in [0.1, 0.15) is 0 Å². The van der Waals surface area contributed by atoms with Gasteiger partial charge in [0.25, 0.3) is 0 Å². The van der Waals surface area contributed by atoms with Gasteiger partial charge in [-0.3, -0.25) is 0 Å². The Labute approximate surface area is 68.6 Å². The first-order valence-corrected chi connectivity index (χ1v) is 3.94. The largest absolute Gasteiger partial charge is 0.394 e. The van der Waals surface area contributed by atoms with Gasteiger partial charge in [0.2, 0.25) is 0 Å². The predicted molar refractivity (Wildman–Crippen MR) is 45.1 cm³/mol. The van der Waals surface area contributed by atoms with Crippen molar-refractivity contribution >= 4 is 0 Å². The third-order valence-corrected chi connectivity index (χ3v) is 1.69. The van der Waals surface area contributed by atoms with Gasteiger partial charge >= 0.3 is 0 Å². The zero-order valence-corrected chi connectivity index (χ0v) is 7.21. The fourth-order valence-corrected chi connectivity index (χ4v) is 0.940. The molecule has 2 unspecified atom stereocenters. The van der Waals surface area contributed by atoms with Crippen molar-refractivity contribution in [1.82, 2.24) is 0 Å². The van der Waals surface area contributed by atoms with E-state index in [9.17, 15) is 0 Å². The summed E-state index contributed by atoms with van der Waals surface area (Å²) in [5, 5.41) is 8.47. The molecule has 2 nitrogen and oxygen atoms in total. The molecule has 0 amide bonds. The zero-order valence-electron chi connectivity index (χ0n) is 7.21. The molecule has 11 heavy (non-hydrogen) atoms. The molecule has 0 spiro atoms. The number of ether oxygens (including phenoxy) is 1. The molecule has 64 valence electrons. The highest BCUT2D eigenvalue weighted by molar-refractivity contribution is 4.95. The second-order valence-corrected chi connectivity index (χ2v) is 2.48. The maximum absolute atomic E-state index is 8.47. The van der Waals surface area contributed by atoms with E-state index >= 15 is 0 Å². The lowest BCUT2D eigenvalue weighted by molar-refractivity contribution is 0.0182. The van der Waals surface area contributed by atoms with Crippen LogP contribution in [-0.4, -0.2) is 24.4 Å². The van der Waals surface area contributed by atoms with Crippen molar-refractivity contribution in [3.63, 3.8) is 0 Å². The van der Waals surface area contributed by atoms with Crippen LogP contribution in [0.5, 0.6) is 0 Å². The lowest BCUT2D eigenvalue weighted by Gasteiger charge is -2.17. The number of aliphatic hydroxyl groups is 1. The van der Waals surface area contributed by atoms with Gasteiger partial charge in [-0.1, -0.05) is 6.92 Å². The summed E-state index contributed by atoms with van der Waals surface area (Å²) in [5.41, 5.74) is 0. The quantitative estimate of drug-likeness (QED) is 0.603. The summed E-state index contributed by atoms with van der Waals surface area (Å²) >= 11 is 0. The fourth-order valence-electron chi connectivity index (χ4n) is 0.940. The van der Waals surface area contributed by atoms with E-state index in [0.717, 1.165) is 6.42 Å². The first-order valence-electron chi connectivity index (χ1n) is 3.94. The van der Waals surface area contributed by atoms with E-state index in [1.807, 2.05) is 13.8 Å². The van der Waals surface area contributed by atoms with E-state index in [-0.39, 0.29) is 18.6 Å². The van der Waals surface area contributed by atoms with Crippen molar-refractivity contribution in [2.75, 3.05) is 13.2 Å². The average molecular weight is 156 g/mol. The van der Waals surface area contributed by atoms with Crippen molar-refractivity contribution in [3.8, 4) is 12.3 Å². The number of hydrogen-bond acceptors (Lipinski definition) is 2. The first-order chi connectivity index (χ1) is 5.26. The summed E-state index contributed by atoms with van der Waals surface area (Å²) in [6.07, 6.45) is 6.24. The molecule has 0 bridgehead atoms. The van der Waals surface area contributed by atoms with Crippen molar-refractivity contribution in [2.24, 2.45) is 5.92 Å². The number of terminal acetylenes is 1. The summed E-state index contributed by atoms with van der Waals surface area (Å²) in [7, 11) is 0. The molecular weight excluding hydrogens is 140 g/mol. The van der Waals surface area contributed by atoms with E-state index in [4.69, 9.17) is 16.3 Å². The van der Waals surface area contributed by atoms with Gasteiger partial charge in [-0.25, -0.2) is 0 Å². The van der Waals surface area contributed by atoms with Crippen LogP contribution in [-0.2, 0) is 4.74 Å². The maximum atomic E-state index is 8.47. The van der Waals surface area contributed by atoms with E-state index in [0.29, 0.717) is 6.61 Å². The van der Waals surface area contributed by atoms with E-state index < -0.39 is 0 Å². The van der Waals surface area contributed by atoms with Gasteiger partial charge in [0.05, 0.1) is 19.3 Å². The Morgan fingerprint density at radius 1 is 1.64 bits per heavy atom. The third-order valence-electron chi connectivity index (χ3n) is 1.69. The minimum atomic E-state index is 0.0529. The Morgan fingerprint density at radius 3 is 2.64 bits per heavy atom. The van der Waals surface area contributed by atoms with Crippen LogP contribution in [0.4, 0.5) is 0 Å². The summed E-state index contributed by atoms with van der Waals surface area (Å²) in [5.74, 6) is 2.82. The lowest BCUT2D eigenvalue weighted by Crippen LogP contribution is -2.20. The molecule has 0 fully saturated rings. The lowest BCUT2D eigenvalue weighted by atomic mass is 10.0. The second-order valence-electron chi connectivity index (χ2n) is 2.48. The molecule has 2 heteroatoms. The summed E-state index contributed by atoms with van der Waals surface area (Å²) in [6.45, 7) is 4.40. The van der Waals surface area contributed by atoms with Crippen molar-refractivity contribution in [2.45, 2.75) is 26.4 Å². The molecule has 0 aliphatic rings. The molecule has 0 aromatic carbocycles. The van der Waals surface area contributed by atoms with Crippen LogP contribution < -0.4 is 0 Å². The Bertz CT molecular complexity index is 126. The van der Waals surface area contributed by atoms with Crippen molar-refractivity contribution in [3.05, 3.63) is 0 Å². The Morgan fingerprint density at radius 2 is 2.27 bits per heavy atom. The summed E-state index contributed by atoms with van der Waals surface area (Å²) in [4.78, 5) is 0. The SMILES string of the molecule is C#CC(CC)C(C)OCCO. The second kappa shape index (κ2) is 6.21. The molecule has 0 aromatic heterocycles. The smallest absolute Gasteiger partial charge is 0.0701 e. The minimum Gasteiger partial charge on any atom is -0.394 e. The van der Waals surface area contributed by atoms with Gasteiger partial charge in [0.15, 0.2) is 0 Å². The predicted octanol–water partition coefficient (Wildman–Crippen LogP) is 1.04. The normalized spacial score (nSPS) is 15.5. The van der Waals surface area contributed by atoms with Gasteiger partial charge in [0, 0.05) is 5.92 Å². The third kappa shape index (κ3) is 4.02. The molecule has 0 aliphatic carbocycles. The van der Waals surface area contributed by atoms with Gasteiger partial charge in [-0.05, 0) is 13.3 Å². The molecule has 0 aromatic rings. The van der Waals surface area contributed by atoms with Gasteiger partial charge in [-0.15, -0.1) is 12.3 Å². The summed E-state index contributed by atoms with van der Waals surface area (Å²) < 4.78 is 5.24. The van der Waals surface area contributed by atoms with E-state index in [1.54, 1.807) is 0 Å². The van der Waals surface area contributed by atoms with Gasteiger partial charge in [-0.2, -0.15) is 0 Å². The highest BCUT2D eigenvalue weighted by Gasteiger charge is 2.11. The zero-order chi connectivity index (χ0) is 8.69. The fraction of sp³-hybridized carbons (Fsp3) is 0.778. The molecule has 0 saturated carbocycles. The molecule has 0 heterocycles. The van der Waals surface area contributed by atoms with Gasteiger partial charge < -0.3 is 9.84 Å². The molecule has 0 radical (unpaired) electrons. The molecule has 0 aliphatic heterocycles. The highest BCUT2D eigenvalue weighted by Crippen LogP contribution is 2.09. The van der Waals surface area contributed by atoms with Crippen LogP contribution in [0.1, 0.15) is 20.3 Å². The molecule has 1 N–H and O–H groups in total. The Kier molecular flexibility index (Phi) is 5.91. The first kappa shape index (κ1) is 10.5. The van der Waals surface area contributed by atoms with Crippen LogP contribution in [0.25, 0.3) is 0 Å². The van der Waals surface area contributed by atoms with Crippen molar-refractivity contribution < 1.29 is 9.84 Å².